The Hall–Kier alpha value is -1.36. The quantitative estimate of drug-likeness (QED) is 0.649. The van der Waals surface area contributed by atoms with E-state index < -0.39 is 0 Å². The molecular weight excluding hydrogens is 252 g/mol. The van der Waals surface area contributed by atoms with Crippen molar-refractivity contribution in [1.82, 2.24) is 5.43 Å². The fourth-order valence-corrected chi connectivity index (χ4v) is 3.42. The number of nitrogens with one attached hydrogen (secondary N) is 1. The van der Waals surface area contributed by atoms with E-state index in [4.69, 9.17) is 15.0 Å². The second kappa shape index (κ2) is 5.56. The molecule has 0 spiro atoms. The third kappa shape index (κ3) is 2.24. The van der Waals surface area contributed by atoms with Gasteiger partial charge in [0, 0.05) is 12.0 Å². The first-order valence-electron chi connectivity index (χ1n) is 7.37. The van der Waals surface area contributed by atoms with E-state index in [0.717, 1.165) is 29.6 Å². The Kier molecular flexibility index (Phi) is 3.78. The number of rotatable bonds is 5. The zero-order valence-corrected chi connectivity index (χ0v) is 11.9. The molecule has 4 nitrogen and oxygen atoms in total. The fourth-order valence-electron chi connectivity index (χ4n) is 3.42. The molecular formula is C16H22N2O2. The average molecular weight is 274 g/mol. The summed E-state index contributed by atoms with van der Waals surface area (Å²) in [4.78, 5) is 0. The Morgan fingerprint density at radius 1 is 1.35 bits per heavy atom. The number of fused-ring (bicyclic) bond motifs is 1. The summed E-state index contributed by atoms with van der Waals surface area (Å²) in [6, 6.07) is 10.00. The largest absolute Gasteiger partial charge is 0.459 e. The van der Waals surface area contributed by atoms with E-state index in [1.165, 1.54) is 12.8 Å². The number of para-hydroxylation sites is 1. The molecule has 1 aromatic heterocycles. The Morgan fingerprint density at radius 3 is 2.75 bits per heavy atom. The first-order valence-corrected chi connectivity index (χ1v) is 7.37. The van der Waals surface area contributed by atoms with E-state index in [2.05, 4.69) is 17.6 Å². The first kappa shape index (κ1) is 13.6. The smallest absolute Gasteiger partial charge is 0.134 e. The van der Waals surface area contributed by atoms with Crippen LogP contribution in [0.4, 0.5) is 0 Å². The fraction of sp³-hybridized carbons (Fsp3) is 0.500. The molecule has 1 aliphatic rings. The van der Waals surface area contributed by atoms with Crippen LogP contribution in [0.2, 0.25) is 0 Å². The Labute approximate surface area is 119 Å². The lowest BCUT2D eigenvalue weighted by molar-refractivity contribution is -0.0668. The van der Waals surface area contributed by atoms with E-state index in [1.54, 1.807) is 0 Å². The summed E-state index contributed by atoms with van der Waals surface area (Å²) in [5.74, 6) is 6.70. The third-order valence-electron chi connectivity index (χ3n) is 4.30. The molecule has 0 radical (unpaired) electrons. The van der Waals surface area contributed by atoms with Crippen LogP contribution in [-0.2, 0) is 4.74 Å². The minimum atomic E-state index is -0.239. The van der Waals surface area contributed by atoms with Gasteiger partial charge in [-0.15, -0.1) is 0 Å². The third-order valence-corrected chi connectivity index (χ3v) is 4.30. The zero-order valence-electron chi connectivity index (χ0n) is 11.9. The summed E-state index contributed by atoms with van der Waals surface area (Å²) in [6.45, 7) is 2.73. The van der Waals surface area contributed by atoms with Gasteiger partial charge in [-0.1, -0.05) is 31.0 Å². The minimum absolute atomic E-state index is 0.0997. The van der Waals surface area contributed by atoms with Crippen molar-refractivity contribution in [1.29, 1.82) is 0 Å². The molecule has 1 aliphatic carbocycles. The number of nitrogens with two attached hydrogens (primary N) is 1. The number of benzene rings is 1. The normalized spacial score (nSPS) is 19.5. The number of ether oxygens (including phenoxy) is 1. The van der Waals surface area contributed by atoms with Crippen LogP contribution in [0.1, 0.15) is 44.4 Å². The summed E-state index contributed by atoms with van der Waals surface area (Å²) in [5.41, 5.74) is 3.59. The molecule has 0 bridgehead atoms. The maximum absolute atomic E-state index is 6.09. The molecule has 3 N–H and O–H groups in total. The molecule has 1 unspecified atom stereocenters. The van der Waals surface area contributed by atoms with Crippen molar-refractivity contribution in [2.24, 2.45) is 5.84 Å². The van der Waals surface area contributed by atoms with E-state index in [9.17, 15) is 0 Å². The van der Waals surface area contributed by atoms with Crippen LogP contribution in [0.5, 0.6) is 0 Å². The van der Waals surface area contributed by atoms with E-state index >= 15 is 0 Å². The minimum Gasteiger partial charge on any atom is -0.459 e. The predicted molar refractivity (Wildman–Crippen MR) is 79.1 cm³/mol. The van der Waals surface area contributed by atoms with E-state index in [1.807, 2.05) is 25.1 Å². The second-order valence-corrected chi connectivity index (χ2v) is 5.49. The summed E-state index contributed by atoms with van der Waals surface area (Å²) in [5, 5.41) is 1.10. The highest BCUT2D eigenvalue weighted by atomic mass is 16.5. The molecule has 0 saturated heterocycles. The molecule has 3 rings (SSSR count). The van der Waals surface area contributed by atoms with Gasteiger partial charge in [0.05, 0.1) is 5.60 Å². The maximum Gasteiger partial charge on any atom is 0.134 e. The van der Waals surface area contributed by atoms with Gasteiger partial charge in [0.15, 0.2) is 0 Å². The van der Waals surface area contributed by atoms with Crippen LogP contribution in [0.3, 0.4) is 0 Å². The second-order valence-electron chi connectivity index (χ2n) is 5.49. The number of hydrogen-bond donors (Lipinski definition) is 2. The van der Waals surface area contributed by atoms with E-state index in [-0.39, 0.29) is 11.6 Å². The number of furan rings is 1. The van der Waals surface area contributed by atoms with Crippen molar-refractivity contribution in [3.05, 3.63) is 36.1 Å². The molecule has 0 aliphatic heterocycles. The van der Waals surface area contributed by atoms with Crippen molar-refractivity contribution in [2.45, 2.75) is 44.2 Å². The van der Waals surface area contributed by atoms with Crippen LogP contribution in [0, 0.1) is 0 Å². The number of hydrogen-bond acceptors (Lipinski definition) is 4. The molecule has 1 atom stereocenters. The molecule has 4 heteroatoms. The highest BCUT2D eigenvalue weighted by Gasteiger charge is 2.44. The summed E-state index contributed by atoms with van der Waals surface area (Å²) in [6.07, 6.45) is 4.40. The maximum atomic E-state index is 6.09. The molecule has 1 aromatic carbocycles. The summed E-state index contributed by atoms with van der Waals surface area (Å²) >= 11 is 0. The molecule has 108 valence electrons. The van der Waals surface area contributed by atoms with Gasteiger partial charge in [0.25, 0.3) is 0 Å². The van der Waals surface area contributed by atoms with Gasteiger partial charge >= 0.3 is 0 Å². The van der Waals surface area contributed by atoms with Gasteiger partial charge in [-0.05, 0) is 31.9 Å². The molecule has 0 amide bonds. The van der Waals surface area contributed by atoms with Gasteiger partial charge < -0.3 is 9.15 Å². The van der Waals surface area contributed by atoms with Gasteiger partial charge in [-0.25, -0.2) is 5.43 Å². The molecule has 20 heavy (non-hydrogen) atoms. The van der Waals surface area contributed by atoms with Crippen molar-refractivity contribution in [2.75, 3.05) is 6.61 Å². The van der Waals surface area contributed by atoms with Crippen molar-refractivity contribution in [3.8, 4) is 0 Å². The van der Waals surface area contributed by atoms with Gasteiger partial charge in [0.2, 0.25) is 0 Å². The van der Waals surface area contributed by atoms with Crippen LogP contribution in [0.25, 0.3) is 11.0 Å². The standard InChI is InChI=1S/C16H22N2O2/c1-2-19-16(9-5-6-10-16)15(18-17)14-11-12-7-3-4-8-13(12)20-14/h3-4,7-8,11,15,18H,2,5-6,9-10,17H2,1H3. The van der Waals surface area contributed by atoms with Crippen LogP contribution in [-0.4, -0.2) is 12.2 Å². The van der Waals surface area contributed by atoms with Crippen molar-refractivity contribution < 1.29 is 9.15 Å². The SMILES string of the molecule is CCOC1(C(NN)c2cc3ccccc3o2)CCCC1. The van der Waals surface area contributed by atoms with Gasteiger partial charge in [-0.2, -0.15) is 0 Å². The zero-order chi connectivity index (χ0) is 14.0. The Balaban J connectivity index is 1.99. The van der Waals surface area contributed by atoms with Gasteiger partial charge in [0.1, 0.15) is 17.4 Å². The lowest BCUT2D eigenvalue weighted by Gasteiger charge is -2.35. The van der Waals surface area contributed by atoms with Gasteiger partial charge in [-0.3, -0.25) is 5.84 Å². The van der Waals surface area contributed by atoms with Crippen molar-refractivity contribution >= 4 is 11.0 Å². The summed E-state index contributed by atoms with van der Waals surface area (Å²) < 4.78 is 12.1. The highest BCUT2D eigenvalue weighted by Crippen LogP contribution is 2.43. The molecule has 1 heterocycles. The lowest BCUT2D eigenvalue weighted by atomic mass is 9.90. The topological polar surface area (TPSA) is 60.4 Å². The molecule has 1 fully saturated rings. The van der Waals surface area contributed by atoms with Crippen LogP contribution in [0.15, 0.2) is 34.7 Å². The summed E-state index contributed by atoms with van der Waals surface area (Å²) in [7, 11) is 0. The average Bonchev–Trinajstić information content (AvgIpc) is 3.07. The Bertz CT molecular complexity index is 540. The molecule has 1 saturated carbocycles. The van der Waals surface area contributed by atoms with Crippen LogP contribution < -0.4 is 11.3 Å². The number of hydrazine groups is 1. The first-order chi connectivity index (χ1) is 9.79. The Morgan fingerprint density at radius 2 is 2.10 bits per heavy atom. The monoisotopic (exact) mass is 274 g/mol. The van der Waals surface area contributed by atoms with E-state index in [0.29, 0.717) is 6.61 Å². The highest BCUT2D eigenvalue weighted by molar-refractivity contribution is 5.77. The predicted octanol–water partition coefficient (Wildman–Crippen LogP) is 3.29. The van der Waals surface area contributed by atoms with Crippen molar-refractivity contribution in [3.63, 3.8) is 0 Å². The van der Waals surface area contributed by atoms with Crippen LogP contribution >= 0.6 is 0 Å². The lowest BCUT2D eigenvalue weighted by Crippen LogP contribution is -2.46. The molecule has 2 aromatic rings.